The molecule has 0 radical (unpaired) electrons. The lowest BCUT2D eigenvalue weighted by Crippen LogP contribution is -2.36. The first-order valence-electron chi connectivity index (χ1n) is 7.19. The van der Waals surface area contributed by atoms with Crippen LogP contribution < -0.4 is 0 Å². The zero-order valence-electron chi connectivity index (χ0n) is 11.2. The maximum absolute atomic E-state index is 10.8. The molecule has 0 atom stereocenters. The van der Waals surface area contributed by atoms with Crippen LogP contribution in [0.5, 0.6) is 0 Å². The number of nitrogens with zero attached hydrogens (tertiary/aromatic N) is 1. The zero-order chi connectivity index (χ0) is 12.5. The van der Waals surface area contributed by atoms with Crippen LogP contribution >= 0.6 is 0 Å². The molecule has 1 aliphatic heterocycles. The minimum Gasteiger partial charge on any atom is -0.481 e. The van der Waals surface area contributed by atoms with Crippen molar-refractivity contribution in [3.8, 4) is 0 Å². The van der Waals surface area contributed by atoms with Crippen LogP contribution in [0, 0.1) is 5.92 Å². The Morgan fingerprint density at radius 2 is 1.71 bits per heavy atom. The number of piperidine rings is 1. The number of aliphatic carboxylic acids is 1. The summed E-state index contributed by atoms with van der Waals surface area (Å²) < 4.78 is 0. The highest BCUT2D eigenvalue weighted by Gasteiger charge is 2.23. The Hall–Kier alpha value is -0.570. The van der Waals surface area contributed by atoms with Crippen molar-refractivity contribution in [2.24, 2.45) is 5.92 Å². The largest absolute Gasteiger partial charge is 0.481 e. The highest BCUT2D eigenvalue weighted by Crippen LogP contribution is 2.17. The van der Waals surface area contributed by atoms with Gasteiger partial charge in [0.05, 0.1) is 5.92 Å². The topological polar surface area (TPSA) is 40.5 Å². The zero-order valence-corrected chi connectivity index (χ0v) is 11.2. The lowest BCUT2D eigenvalue weighted by atomic mass is 9.97. The standard InChI is InChI=1S/C14H27NO2/c1-2-3-4-5-6-7-10-15-11-8-13(9-12-15)14(16)17/h13H,2-12H2,1H3,(H,16,17). The van der Waals surface area contributed by atoms with Gasteiger partial charge in [-0.2, -0.15) is 0 Å². The third kappa shape index (κ3) is 6.06. The first kappa shape index (κ1) is 14.5. The van der Waals surface area contributed by atoms with Crippen molar-refractivity contribution in [3.63, 3.8) is 0 Å². The van der Waals surface area contributed by atoms with E-state index in [0.717, 1.165) is 25.9 Å². The van der Waals surface area contributed by atoms with Crippen LogP contribution in [0.1, 0.15) is 58.3 Å². The molecule has 0 aromatic carbocycles. The van der Waals surface area contributed by atoms with Crippen LogP contribution in [-0.2, 0) is 4.79 Å². The molecule has 17 heavy (non-hydrogen) atoms. The first-order chi connectivity index (χ1) is 8.24. The van der Waals surface area contributed by atoms with Gasteiger partial charge in [-0.15, -0.1) is 0 Å². The van der Waals surface area contributed by atoms with Gasteiger partial charge in [-0.25, -0.2) is 0 Å². The molecule has 0 aliphatic carbocycles. The van der Waals surface area contributed by atoms with E-state index in [9.17, 15) is 4.79 Å². The quantitative estimate of drug-likeness (QED) is 0.664. The molecule has 3 nitrogen and oxygen atoms in total. The summed E-state index contributed by atoms with van der Waals surface area (Å²) in [5.74, 6) is -0.694. The molecule has 1 saturated heterocycles. The lowest BCUT2D eigenvalue weighted by molar-refractivity contribution is -0.143. The molecule has 1 heterocycles. The number of likely N-dealkylation sites (tertiary alicyclic amines) is 1. The highest BCUT2D eigenvalue weighted by molar-refractivity contribution is 5.70. The van der Waals surface area contributed by atoms with Crippen molar-refractivity contribution in [2.45, 2.75) is 58.3 Å². The number of hydrogen-bond acceptors (Lipinski definition) is 2. The molecule has 100 valence electrons. The third-order valence-corrected chi connectivity index (χ3v) is 3.76. The predicted molar refractivity (Wildman–Crippen MR) is 70.2 cm³/mol. The molecule has 1 fully saturated rings. The Morgan fingerprint density at radius 1 is 1.12 bits per heavy atom. The molecule has 1 aliphatic rings. The van der Waals surface area contributed by atoms with Crippen molar-refractivity contribution in [2.75, 3.05) is 19.6 Å². The fourth-order valence-corrected chi connectivity index (χ4v) is 2.52. The molecule has 3 heteroatoms. The van der Waals surface area contributed by atoms with E-state index in [4.69, 9.17) is 5.11 Å². The monoisotopic (exact) mass is 241 g/mol. The molecule has 0 aromatic heterocycles. The van der Waals surface area contributed by atoms with E-state index in [2.05, 4.69) is 11.8 Å². The molecule has 0 amide bonds. The van der Waals surface area contributed by atoms with Gasteiger partial charge in [0.15, 0.2) is 0 Å². The van der Waals surface area contributed by atoms with Gasteiger partial charge in [0, 0.05) is 0 Å². The summed E-state index contributed by atoms with van der Waals surface area (Å²) in [6.45, 7) is 5.36. The number of carboxylic acid groups (broad SMARTS) is 1. The summed E-state index contributed by atoms with van der Waals surface area (Å²) in [5.41, 5.74) is 0. The summed E-state index contributed by atoms with van der Waals surface area (Å²) >= 11 is 0. The van der Waals surface area contributed by atoms with E-state index in [0.29, 0.717) is 0 Å². The third-order valence-electron chi connectivity index (χ3n) is 3.76. The smallest absolute Gasteiger partial charge is 0.306 e. The van der Waals surface area contributed by atoms with Crippen LogP contribution in [0.4, 0.5) is 0 Å². The molecule has 0 unspecified atom stereocenters. The van der Waals surface area contributed by atoms with Crippen molar-refractivity contribution in [3.05, 3.63) is 0 Å². The van der Waals surface area contributed by atoms with Gasteiger partial charge in [-0.05, 0) is 38.9 Å². The second kappa shape index (κ2) is 8.51. The molecular weight excluding hydrogens is 214 g/mol. The molecular formula is C14H27NO2. The molecule has 0 spiro atoms. The maximum atomic E-state index is 10.8. The van der Waals surface area contributed by atoms with Crippen LogP contribution in [-0.4, -0.2) is 35.6 Å². The second-order valence-electron chi connectivity index (χ2n) is 5.22. The summed E-state index contributed by atoms with van der Waals surface area (Å²) in [6, 6.07) is 0. The van der Waals surface area contributed by atoms with Crippen LogP contribution in [0.3, 0.4) is 0 Å². The average Bonchev–Trinajstić information content (AvgIpc) is 2.34. The van der Waals surface area contributed by atoms with Crippen molar-refractivity contribution >= 4 is 5.97 Å². The van der Waals surface area contributed by atoms with E-state index < -0.39 is 5.97 Å². The van der Waals surface area contributed by atoms with E-state index >= 15 is 0 Å². The Morgan fingerprint density at radius 3 is 2.29 bits per heavy atom. The number of carboxylic acids is 1. The van der Waals surface area contributed by atoms with E-state index in [1.54, 1.807) is 0 Å². The average molecular weight is 241 g/mol. The summed E-state index contributed by atoms with van der Waals surface area (Å²) in [7, 11) is 0. The molecule has 0 aromatic rings. The lowest BCUT2D eigenvalue weighted by Gasteiger charge is -2.29. The fourth-order valence-electron chi connectivity index (χ4n) is 2.52. The van der Waals surface area contributed by atoms with Crippen LogP contribution in [0.2, 0.25) is 0 Å². The first-order valence-corrected chi connectivity index (χ1v) is 7.19. The molecule has 0 bridgehead atoms. The second-order valence-corrected chi connectivity index (χ2v) is 5.22. The number of carbonyl (C=O) groups is 1. The van der Waals surface area contributed by atoms with E-state index in [-0.39, 0.29) is 5.92 Å². The summed E-state index contributed by atoms with van der Waals surface area (Å²) in [6.07, 6.45) is 9.69. The normalized spacial score (nSPS) is 18.4. The highest BCUT2D eigenvalue weighted by atomic mass is 16.4. The van der Waals surface area contributed by atoms with Gasteiger partial charge in [0.2, 0.25) is 0 Å². The van der Waals surface area contributed by atoms with Gasteiger partial charge >= 0.3 is 5.97 Å². The van der Waals surface area contributed by atoms with E-state index in [1.165, 1.54) is 45.1 Å². The molecule has 1 N–H and O–H groups in total. The van der Waals surface area contributed by atoms with Gasteiger partial charge in [-0.3, -0.25) is 4.79 Å². The van der Waals surface area contributed by atoms with Gasteiger partial charge in [0.1, 0.15) is 0 Å². The Balaban J connectivity index is 1.97. The van der Waals surface area contributed by atoms with Crippen molar-refractivity contribution < 1.29 is 9.90 Å². The summed E-state index contributed by atoms with van der Waals surface area (Å²) in [4.78, 5) is 13.2. The van der Waals surface area contributed by atoms with Gasteiger partial charge < -0.3 is 10.0 Å². The van der Waals surface area contributed by atoms with Crippen molar-refractivity contribution in [1.82, 2.24) is 4.90 Å². The Kier molecular flexibility index (Phi) is 7.25. The van der Waals surface area contributed by atoms with Crippen molar-refractivity contribution in [1.29, 1.82) is 0 Å². The summed E-state index contributed by atoms with van der Waals surface area (Å²) in [5, 5.41) is 8.90. The number of unbranched alkanes of at least 4 members (excludes halogenated alkanes) is 5. The van der Waals surface area contributed by atoms with Crippen LogP contribution in [0.15, 0.2) is 0 Å². The minimum atomic E-state index is -0.607. The minimum absolute atomic E-state index is 0.0872. The van der Waals surface area contributed by atoms with Gasteiger partial charge in [-0.1, -0.05) is 39.0 Å². The predicted octanol–water partition coefficient (Wildman–Crippen LogP) is 3.14. The molecule has 1 rings (SSSR count). The Labute approximate surface area is 105 Å². The maximum Gasteiger partial charge on any atom is 0.306 e. The molecule has 0 saturated carbocycles. The van der Waals surface area contributed by atoms with Gasteiger partial charge in [0.25, 0.3) is 0 Å². The number of rotatable bonds is 8. The fraction of sp³-hybridized carbons (Fsp3) is 0.929. The number of hydrogen-bond donors (Lipinski definition) is 1. The SMILES string of the molecule is CCCCCCCCN1CCC(C(=O)O)CC1. The van der Waals surface area contributed by atoms with E-state index in [1.807, 2.05) is 0 Å². The van der Waals surface area contributed by atoms with Crippen LogP contribution in [0.25, 0.3) is 0 Å². The Bertz CT molecular complexity index is 210.